The van der Waals surface area contributed by atoms with Gasteiger partial charge in [0.1, 0.15) is 29.4 Å². The van der Waals surface area contributed by atoms with Crippen LogP contribution in [0.1, 0.15) is 30.9 Å². The number of benzene rings is 1. The fourth-order valence-electron chi connectivity index (χ4n) is 4.81. The SMILES string of the molecule is O=C(N[C@@H](CO)c1ccc(F)cc1F)C1CCN(c2ncnc3[nH]ccc23)CC12CC2. The Morgan fingerprint density at radius 3 is 2.90 bits per heavy atom. The summed E-state index contributed by atoms with van der Waals surface area (Å²) in [5.41, 5.74) is 0.703. The summed E-state index contributed by atoms with van der Waals surface area (Å²) in [5, 5.41) is 13.5. The van der Waals surface area contributed by atoms with Gasteiger partial charge in [-0.25, -0.2) is 18.7 Å². The predicted molar refractivity (Wildman–Crippen MR) is 110 cm³/mol. The molecule has 31 heavy (non-hydrogen) atoms. The molecule has 1 aromatic carbocycles. The minimum atomic E-state index is -0.914. The van der Waals surface area contributed by atoms with E-state index in [1.807, 2.05) is 12.3 Å². The van der Waals surface area contributed by atoms with E-state index in [9.17, 15) is 18.7 Å². The lowest BCUT2D eigenvalue weighted by molar-refractivity contribution is -0.129. The number of piperidine rings is 1. The van der Waals surface area contributed by atoms with E-state index in [2.05, 4.69) is 25.2 Å². The first-order valence-corrected chi connectivity index (χ1v) is 10.4. The van der Waals surface area contributed by atoms with Crippen LogP contribution in [0.5, 0.6) is 0 Å². The van der Waals surface area contributed by atoms with Gasteiger partial charge in [-0.05, 0) is 36.8 Å². The summed E-state index contributed by atoms with van der Waals surface area (Å²) in [5.74, 6) is -1.05. The molecule has 1 amide bonds. The fraction of sp³-hybridized carbons (Fsp3) is 0.409. The lowest BCUT2D eigenvalue weighted by Gasteiger charge is -2.39. The lowest BCUT2D eigenvalue weighted by Crippen LogP contribution is -2.49. The largest absolute Gasteiger partial charge is 0.394 e. The second-order valence-corrected chi connectivity index (χ2v) is 8.47. The fourth-order valence-corrected chi connectivity index (χ4v) is 4.81. The molecule has 3 heterocycles. The van der Waals surface area contributed by atoms with Gasteiger partial charge in [0, 0.05) is 36.8 Å². The Bertz CT molecular complexity index is 1130. The smallest absolute Gasteiger partial charge is 0.224 e. The zero-order chi connectivity index (χ0) is 21.6. The molecule has 5 rings (SSSR count). The number of aromatic nitrogens is 3. The first-order chi connectivity index (χ1) is 15.0. The number of nitrogens with one attached hydrogen (secondary N) is 2. The number of amides is 1. The molecule has 9 heteroatoms. The molecule has 1 aliphatic heterocycles. The van der Waals surface area contributed by atoms with Crippen molar-refractivity contribution >= 4 is 22.8 Å². The van der Waals surface area contributed by atoms with Gasteiger partial charge in [-0.15, -0.1) is 0 Å². The average Bonchev–Trinajstić information content (AvgIpc) is 3.33. The number of rotatable bonds is 5. The summed E-state index contributed by atoms with van der Waals surface area (Å²) in [6, 6.07) is 4.18. The Labute approximate surface area is 177 Å². The van der Waals surface area contributed by atoms with E-state index in [-0.39, 0.29) is 22.8 Å². The topological polar surface area (TPSA) is 94.1 Å². The Kier molecular flexibility index (Phi) is 4.85. The van der Waals surface area contributed by atoms with Crippen LogP contribution in [0.4, 0.5) is 14.6 Å². The van der Waals surface area contributed by atoms with Crippen molar-refractivity contribution in [3.8, 4) is 0 Å². The van der Waals surface area contributed by atoms with Crippen LogP contribution in [0.2, 0.25) is 0 Å². The third kappa shape index (κ3) is 3.52. The molecule has 7 nitrogen and oxygen atoms in total. The molecule has 2 atom stereocenters. The van der Waals surface area contributed by atoms with Gasteiger partial charge >= 0.3 is 0 Å². The molecule has 2 aliphatic rings. The number of aliphatic hydroxyl groups excluding tert-OH is 1. The van der Waals surface area contributed by atoms with Crippen molar-refractivity contribution in [3.05, 3.63) is 54.0 Å². The van der Waals surface area contributed by atoms with Crippen LogP contribution in [-0.2, 0) is 4.79 Å². The normalized spacial score (nSPS) is 20.7. The van der Waals surface area contributed by atoms with Crippen molar-refractivity contribution in [2.45, 2.75) is 25.3 Å². The maximum atomic E-state index is 14.2. The summed E-state index contributed by atoms with van der Waals surface area (Å²) in [7, 11) is 0. The van der Waals surface area contributed by atoms with Crippen LogP contribution in [0.3, 0.4) is 0 Å². The van der Waals surface area contributed by atoms with Crippen LogP contribution in [-0.4, -0.2) is 45.7 Å². The molecular formula is C22H23F2N5O2. The summed E-state index contributed by atoms with van der Waals surface area (Å²) in [6.45, 7) is 0.898. The average molecular weight is 427 g/mol. The van der Waals surface area contributed by atoms with Crippen LogP contribution in [0.25, 0.3) is 11.0 Å². The number of nitrogens with zero attached hydrogens (tertiary/aromatic N) is 3. The van der Waals surface area contributed by atoms with Crippen molar-refractivity contribution in [2.24, 2.45) is 11.3 Å². The van der Waals surface area contributed by atoms with E-state index < -0.39 is 24.3 Å². The minimum Gasteiger partial charge on any atom is -0.394 e. The first kappa shape index (κ1) is 19.9. The predicted octanol–water partition coefficient (Wildman–Crippen LogP) is 2.69. The van der Waals surface area contributed by atoms with Crippen LogP contribution in [0, 0.1) is 23.0 Å². The van der Waals surface area contributed by atoms with Gasteiger partial charge in [0.15, 0.2) is 0 Å². The van der Waals surface area contributed by atoms with E-state index in [0.717, 1.165) is 41.8 Å². The highest BCUT2D eigenvalue weighted by atomic mass is 19.1. The highest BCUT2D eigenvalue weighted by Gasteiger charge is 2.55. The zero-order valence-corrected chi connectivity index (χ0v) is 16.8. The van der Waals surface area contributed by atoms with E-state index in [1.54, 1.807) is 0 Å². The summed E-state index contributed by atoms with van der Waals surface area (Å²) in [6.07, 6.45) is 5.86. The molecule has 2 fully saturated rings. The Balaban J connectivity index is 1.33. The third-order valence-corrected chi connectivity index (χ3v) is 6.61. The molecule has 1 spiro atoms. The van der Waals surface area contributed by atoms with Crippen molar-refractivity contribution in [1.29, 1.82) is 0 Å². The van der Waals surface area contributed by atoms with Gasteiger partial charge in [0.05, 0.1) is 18.0 Å². The number of carbonyl (C=O) groups is 1. The van der Waals surface area contributed by atoms with Gasteiger partial charge in [0.2, 0.25) is 5.91 Å². The summed E-state index contributed by atoms with van der Waals surface area (Å²) >= 11 is 0. The van der Waals surface area contributed by atoms with Crippen molar-refractivity contribution < 1.29 is 18.7 Å². The molecule has 3 aromatic rings. The monoisotopic (exact) mass is 427 g/mol. The molecule has 1 unspecified atom stereocenters. The molecule has 162 valence electrons. The maximum absolute atomic E-state index is 14.2. The standard InChI is InChI=1S/C22H23F2N5O2/c23-13-1-2-14(17(24)9-13)18(10-30)28-21(31)16-4-8-29(11-22(16)5-6-22)20-15-3-7-25-19(15)26-12-27-20/h1-3,7,9,12,16,18,30H,4-6,8,10-11H2,(H,28,31)(H,25,26,27)/t16?,18-/m0/s1. The number of carbonyl (C=O) groups excluding carboxylic acids is 1. The van der Waals surface area contributed by atoms with E-state index in [1.165, 1.54) is 12.4 Å². The van der Waals surface area contributed by atoms with Gasteiger partial charge in [0.25, 0.3) is 0 Å². The van der Waals surface area contributed by atoms with Crippen molar-refractivity contribution in [2.75, 3.05) is 24.6 Å². The maximum Gasteiger partial charge on any atom is 0.224 e. The molecule has 0 radical (unpaired) electrons. The quantitative estimate of drug-likeness (QED) is 0.582. The van der Waals surface area contributed by atoms with E-state index in [0.29, 0.717) is 19.5 Å². The van der Waals surface area contributed by atoms with Crippen molar-refractivity contribution in [1.82, 2.24) is 20.3 Å². The lowest BCUT2D eigenvalue weighted by atomic mass is 9.81. The molecule has 2 aromatic heterocycles. The van der Waals surface area contributed by atoms with Crippen LogP contribution < -0.4 is 10.2 Å². The number of fused-ring (bicyclic) bond motifs is 1. The van der Waals surface area contributed by atoms with E-state index in [4.69, 9.17) is 0 Å². The Morgan fingerprint density at radius 1 is 1.32 bits per heavy atom. The number of aliphatic hydroxyl groups is 1. The number of hydrogen-bond donors (Lipinski definition) is 3. The van der Waals surface area contributed by atoms with Crippen LogP contribution >= 0.6 is 0 Å². The van der Waals surface area contributed by atoms with Gasteiger partial charge < -0.3 is 20.3 Å². The van der Waals surface area contributed by atoms with E-state index >= 15 is 0 Å². The number of anilines is 1. The Hall–Kier alpha value is -3.07. The molecule has 1 saturated carbocycles. The zero-order valence-electron chi connectivity index (χ0n) is 16.8. The molecular weight excluding hydrogens is 404 g/mol. The molecule has 0 bridgehead atoms. The second-order valence-electron chi connectivity index (χ2n) is 8.47. The van der Waals surface area contributed by atoms with Gasteiger partial charge in [-0.3, -0.25) is 4.79 Å². The van der Waals surface area contributed by atoms with Gasteiger partial charge in [-0.2, -0.15) is 0 Å². The highest BCUT2D eigenvalue weighted by molar-refractivity contribution is 5.88. The third-order valence-electron chi connectivity index (χ3n) is 6.61. The van der Waals surface area contributed by atoms with Crippen LogP contribution in [0.15, 0.2) is 36.8 Å². The summed E-state index contributed by atoms with van der Waals surface area (Å²) < 4.78 is 27.4. The summed E-state index contributed by atoms with van der Waals surface area (Å²) in [4.78, 5) is 27.1. The minimum absolute atomic E-state index is 0.0790. The first-order valence-electron chi connectivity index (χ1n) is 10.4. The number of aromatic amines is 1. The molecule has 1 aliphatic carbocycles. The second kappa shape index (κ2) is 7.56. The highest BCUT2D eigenvalue weighted by Crippen LogP contribution is 2.56. The number of halogens is 2. The molecule has 1 saturated heterocycles. The number of H-pyrrole nitrogens is 1. The Morgan fingerprint density at radius 2 is 2.16 bits per heavy atom. The van der Waals surface area contributed by atoms with Crippen molar-refractivity contribution in [3.63, 3.8) is 0 Å². The molecule has 3 N–H and O–H groups in total. The van der Waals surface area contributed by atoms with Gasteiger partial charge in [-0.1, -0.05) is 6.07 Å². The number of hydrogen-bond acceptors (Lipinski definition) is 5.